The maximum atomic E-state index is 9.08. The summed E-state index contributed by atoms with van der Waals surface area (Å²) in [5.41, 5.74) is 0.173. The first-order valence-electron chi connectivity index (χ1n) is 5.26. The molecule has 0 fully saturated rings. The van der Waals surface area contributed by atoms with Crippen LogP contribution in [0.5, 0.6) is 0 Å². The molecule has 1 N–H and O–H groups in total. The number of halogens is 1. The summed E-state index contributed by atoms with van der Waals surface area (Å²) in [4.78, 5) is 7.10. The number of nitrogens with zero attached hydrogens (tertiary/aromatic N) is 2. The van der Waals surface area contributed by atoms with Crippen molar-refractivity contribution in [2.75, 3.05) is 11.9 Å². The van der Waals surface area contributed by atoms with Crippen LogP contribution < -0.4 is 4.90 Å². The molecule has 0 bridgehead atoms. The van der Waals surface area contributed by atoms with Gasteiger partial charge in [-0.25, -0.2) is 4.98 Å². The Labute approximate surface area is 106 Å². The number of aliphatic hydroxyl groups excluding tert-OH is 1. The third kappa shape index (κ3) is 2.87. The summed E-state index contributed by atoms with van der Waals surface area (Å²) in [6.07, 6.45) is 0. The standard InChI is InChI=1S/C11H19ClN2OS/c1-7(11(2,3)4)14(5)10-13-9(12)8(6-15)16-10/h7,15H,6H2,1-5H3. The molecule has 16 heavy (non-hydrogen) atoms. The molecule has 0 radical (unpaired) electrons. The Morgan fingerprint density at radius 2 is 2.06 bits per heavy atom. The Morgan fingerprint density at radius 3 is 2.44 bits per heavy atom. The minimum Gasteiger partial charge on any atom is -0.391 e. The molecular weight excluding hydrogens is 244 g/mol. The van der Waals surface area contributed by atoms with Gasteiger partial charge in [0.1, 0.15) is 5.15 Å². The topological polar surface area (TPSA) is 36.4 Å². The van der Waals surface area contributed by atoms with E-state index >= 15 is 0 Å². The lowest BCUT2D eigenvalue weighted by molar-refractivity contribution is 0.285. The van der Waals surface area contributed by atoms with Crippen LogP contribution in [0.1, 0.15) is 32.6 Å². The van der Waals surface area contributed by atoms with Crippen molar-refractivity contribution < 1.29 is 5.11 Å². The fourth-order valence-electron chi connectivity index (χ4n) is 1.32. The summed E-state index contributed by atoms with van der Waals surface area (Å²) in [6, 6.07) is 0.348. The molecule has 0 aliphatic heterocycles. The van der Waals surface area contributed by atoms with Crippen molar-refractivity contribution in [3.05, 3.63) is 10.0 Å². The molecular formula is C11H19ClN2OS. The maximum absolute atomic E-state index is 9.08. The fourth-order valence-corrected chi connectivity index (χ4v) is 2.48. The van der Waals surface area contributed by atoms with E-state index in [1.54, 1.807) is 0 Å². The zero-order chi connectivity index (χ0) is 12.5. The Balaban J connectivity index is 2.92. The molecule has 1 rings (SSSR count). The van der Waals surface area contributed by atoms with Crippen molar-refractivity contribution in [1.82, 2.24) is 4.98 Å². The number of anilines is 1. The molecule has 3 nitrogen and oxygen atoms in total. The van der Waals surface area contributed by atoms with Gasteiger partial charge in [-0.15, -0.1) is 0 Å². The van der Waals surface area contributed by atoms with Crippen LogP contribution in [0.4, 0.5) is 5.13 Å². The van der Waals surface area contributed by atoms with Crippen LogP contribution in [0.25, 0.3) is 0 Å². The Morgan fingerprint density at radius 1 is 1.50 bits per heavy atom. The van der Waals surface area contributed by atoms with Crippen LogP contribution in [0.15, 0.2) is 0 Å². The predicted octanol–water partition coefficient (Wildman–Crippen LogP) is 3.16. The molecule has 1 aromatic rings. The van der Waals surface area contributed by atoms with E-state index < -0.39 is 0 Å². The highest BCUT2D eigenvalue weighted by Gasteiger charge is 2.26. The second-order valence-corrected chi connectivity index (χ2v) is 6.44. The molecule has 1 atom stereocenters. The molecule has 0 saturated heterocycles. The van der Waals surface area contributed by atoms with Crippen LogP contribution in [-0.2, 0) is 6.61 Å². The minimum absolute atomic E-state index is 0.0474. The molecule has 0 spiro atoms. The summed E-state index contributed by atoms with van der Waals surface area (Å²) in [5, 5.41) is 10.3. The average molecular weight is 263 g/mol. The molecule has 1 heterocycles. The van der Waals surface area contributed by atoms with Crippen molar-refractivity contribution >= 4 is 28.1 Å². The molecule has 92 valence electrons. The van der Waals surface area contributed by atoms with Gasteiger partial charge in [0.25, 0.3) is 0 Å². The average Bonchev–Trinajstić information content (AvgIpc) is 2.56. The Hall–Kier alpha value is -0.320. The highest BCUT2D eigenvalue weighted by atomic mass is 35.5. The Bertz CT molecular complexity index is 359. The lowest BCUT2D eigenvalue weighted by Gasteiger charge is -2.35. The van der Waals surface area contributed by atoms with Crippen LogP contribution in [0.2, 0.25) is 5.15 Å². The normalized spacial score (nSPS) is 13.9. The lowest BCUT2D eigenvalue weighted by Crippen LogP contribution is -2.39. The van der Waals surface area contributed by atoms with Crippen LogP contribution >= 0.6 is 22.9 Å². The molecule has 0 aromatic carbocycles. The first-order chi connectivity index (χ1) is 7.27. The van der Waals surface area contributed by atoms with E-state index in [1.165, 1.54) is 11.3 Å². The van der Waals surface area contributed by atoms with Crippen molar-refractivity contribution in [2.24, 2.45) is 5.41 Å². The summed E-state index contributed by atoms with van der Waals surface area (Å²) >= 11 is 7.37. The number of thiazole rings is 1. The maximum Gasteiger partial charge on any atom is 0.187 e. The second kappa shape index (κ2) is 4.90. The van der Waals surface area contributed by atoms with Gasteiger partial charge in [-0.2, -0.15) is 0 Å². The van der Waals surface area contributed by atoms with Gasteiger partial charge in [-0.3, -0.25) is 0 Å². The van der Waals surface area contributed by atoms with Gasteiger partial charge in [0, 0.05) is 13.1 Å². The van der Waals surface area contributed by atoms with Crippen molar-refractivity contribution in [3.63, 3.8) is 0 Å². The highest BCUT2D eigenvalue weighted by molar-refractivity contribution is 7.16. The molecule has 0 amide bonds. The van der Waals surface area contributed by atoms with Crippen LogP contribution in [0, 0.1) is 5.41 Å². The molecule has 1 unspecified atom stereocenters. The quantitative estimate of drug-likeness (QED) is 0.909. The van der Waals surface area contributed by atoms with E-state index in [9.17, 15) is 0 Å². The third-order valence-corrected chi connectivity index (χ3v) is 4.47. The van der Waals surface area contributed by atoms with E-state index in [1.807, 2.05) is 7.05 Å². The summed E-state index contributed by atoms with van der Waals surface area (Å²) < 4.78 is 0. The van der Waals surface area contributed by atoms with E-state index in [2.05, 4.69) is 37.6 Å². The van der Waals surface area contributed by atoms with E-state index in [0.717, 1.165) is 10.0 Å². The number of rotatable bonds is 3. The largest absolute Gasteiger partial charge is 0.391 e. The molecule has 5 heteroatoms. The van der Waals surface area contributed by atoms with E-state index in [0.29, 0.717) is 11.2 Å². The lowest BCUT2D eigenvalue weighted by atomic mass is 9.87. The number of hydrogen-bond donors (Lipinski definition) is 1. The Kier molecular flexibility index (Phi) is 4.21. The first kappa shape index (κ1) is 13.7. The van der Waals surface area contributed by atoms with Crippen LogP contribution in [0.3, 0.4) is 0 Å². The molecule has 0 aliphatic carbocycles. The molecule has 0 aliphatic rings. The molecule has 0 saturated carbocycles. The van der Waals surface area contributed by atoms with Crippen molar-refractivity contribution in [2.45, 2.75) is 40.3 Å². The molecule has 1 aromatic heterocycles. The smallest absolute Gasteiger partial charge is 0.187 e. The number of hydrogen-bond acceptors (Lipinski definition) is 4. The highest BCUT2D eigenvalue weighted by Crippen LogP contribution is 2.33. The minimum atomic E-state index is -0.0474. The van der Waals surface area contributed by atoms with Crippen LogP contribution in [-0.4, -0.2) is 23.2 Å². The summed E-state index contributed by atoms with van der Waals surface area (Å²) in [6.45, 7) is 8.69. The number of aliphatic hydroxyl groups is 1. The van der Waals surface area contributed by atoms with Gasteiger partial charge >= 0.3 is 0 Å². The zero-order valence-electron chi connectivity index (χ0n) is 10.4. The SMILES string of the molecule is CC(N(C)c1nc(Cl)c(CO)s1)C(C)(C)C. The predicted molar refractivity (Wildman–Crippen MR) is 70.4 cm³/mol. The first-order valence-corrected chi connectivity index (χ1v) is 6.45. The van der Waals surface area contributed by atoms with E-state index in [4.69, 9.17) is 16.7 Å². The van der Waals surface area contributed by atoms with Gasteiger partial charge in [-0.1, -0.05) is 43.7 Å². The van der Waals surface area contributed by atoms with Crippen molar-refractivity contribution in [3.8, 4) is 0 Å². The summed E-state index contributed by atoms with van der Waals surface area (Å²) in [7, 11) is 2.01. The van der Waals surface area contributed by atoms with Crippen molar-refractivity contribution in [1.29, 1.82) is 0 Å². The monoisotopic (exact) mass is 262 g/mol. The zero-order valence-corrected chi connectivity index (χ0v) is 12.0. The van der Waals surface area contributed by atoms with Gasteiger partial charge in [0.05, 0.1) is 11.5 Å². The fraction of sp³-hybridized carbons (Fsp3) is 0.727. The van der Waals surface area contributed by atoms with E-state index in [-0.39, 0.29) is 12.0 Å². The number of aromatic nitrogens is 1. The van der Waals surface area contributed by atoms with Gasteiger partial charge in [-0.05, 0) is 12.3 Å². The van der Waals surface area contributed by atoms with Gasteiger partial charge in [0.15, 0.2) is 5.13 Å². The van der Waals surface area contributed by atoms with Gasteiger partial charge in [0.2, 0.25) is 0 Å². The second-order valence-electron chi connectivity index (χ2n) is 5.02. The van der Waals surface area contributed by atoms with Gasteiger partial charge < -0.3 is 10.0 Å². The third-order valence-electron chi connectivity index (χ3n) is 2.92. The summed E-state index contributed by atoms with van der Waals surface area (Å²) in [5.74, 6) is 0.